The standard InChI is InChI=1S/C17H16ClFN2O3S.C11H12ClFN2O.C6H5ClO2S/c18-15-7-6-13(10-16(15)19)20-17(22)12-8-9-21(11-12)25(23,24)14-4-2-1-3-5-14;12-9-2-1-8(5-10(9)13)15-11(16)7-3-4-14-6-7;7-10(8,9)6-4-2-1-3-5-6/h1-7,10,12H,8-9,11H2,(H,20,22);1-2,5,7,14H,3-4,6H2,(H,15,16);1-5H. The lowest BCUT2D eigenvalue weighted by molar-refractivity contribution is -0.120. The zero-order valence-corrected chi connectivity index (χ0v) is 30.6. The number of sulfonamides is 1. The third-order valence-electron chi connectivity index (χ3n) is 7.73. The minimum Gasteiger partial charge on any atom is -0.326 e. The Morgan fingerprint density at radius 3 is 1.63 bits per heavy atom. The number of hydrogen-bond acceptors (Lipinski definition) is 7. The maximum atomic E-state index is 13.4. The van der Waals surface area contributed by atoms with Gasteiger partial charge in [-0.05, 0) is 80.1 Å². The first-order valence-electron chi connectivity index (χ1n) is 15.4. The first kappa shape index (κ1) is 40.1. The second kappa shape index (κ2) is 18.2. The lowest BCUT2D eigenvalue weighted by atomic mass is 10.1. The zero-order chi connectivity index (χ0) is 37.2. The van der Waals surface area contributed by atoms with Crippen LogP contribution in [0.2, 0.25) is 10.0 Å². The molecular formula is C34H33Cl3F2N4O6S2. The fourth-order valence-electron chi connectivity index (χ4n) is 5.00. The summed E-state index contributed by atoms with van der Waals surface area (Å²) >= 11 is 11.2. The Morgan fingerprint density at radius 2 is 1.20 bits per heavy atom. The van der Waals surface area contributed by atoms with E-state index in [9.17, 15) is 35.2 Å². The van der Waals surface area contributed by atoms with Crippen molar-refractivity contribution in [3.05, 3.63) is 119 Å². The van der Waals surface area contributed by atoms with Crippen molar-refractivity contribution >= 4 is 76.1 Å². The van der Waals surface area contributed by atoms with Gasteiger partial charge in [0.1, 0.15) is 11.6 Å². The summed E-state index contributed by atoms with van der Waals surface area (Å²) in [7, 11) is -2.11. The average Bonchev–Trinajstić information content (AvgIpc) is 3.84. The predicted octanol–water partition coefficient (Wildman–Crippen LogP) is 6.77. The van der Waals surface area contributed by atoms with Crippen LogP contribution in [-0.4, -0.2) is 59.1 Å². The highest BCUT2D eigenvalue weighted by molar-refractivity contribution is 8.13. The molecule has 51 heavy (non-hydrogen) atoms. The highest BCUT2D eigenvalue weighted by atomic mass is 35.7. The minimum atomic E-state index is -3.61. The van der Waals surface area contributed by atoms with Gasteiger partial charge in [-0.25, -0.2) is 25.6 Å². The molecule has 2 aliphatic heterocycles. The number of carbonyl (C=O) groups is 2. The Hall–Kier alpha value is -3.63. The van der Waals surface area contributed by atoms with E-state index < -0.39 is 36.6 Å². The summed E-state index contributed by atoms with van der Waals surface area (Å²) in [6.45, 7) is 1.90. The molecule has 4 aromatic rings. The molecule has 0 spiro atoms. The molecule has 272 valence electrons. The maximum absolute atomic E-state index is 13.4. The molecule has 0 radical (unpaired) electrons. The minimum absolute atomic E-state index is 0.0287. The third kappa shape index (κ3) is 11.7. The second-order valence-corrected chi connectivity index (χ2v) is 16.7. The highest BCUT2D eigenvalue weighted by Gasteiger charge is 2.35. The van der Waals surface area contributed by atoms with E-state index in [0.29, 0.717) is 18.7 Å². The summed E-state index contributed by atoms with van der Waals surface area (Å²) in [5, 5.41) is 8.41. The van der Waals surface area contributed by atoms with Crippen molar-refractivity contribution in [1.29, 1.82) is 0 Å². The molecule has 2 saturated heterocycles. The smallest absolute Gasteiger partial charge is 0.261 e. The van der Waals surface area contributed by atoms with Gasteiger partial charge in [0.25, 0.3) is 9.05 Å². The van der Waals surface area contributed by atoms with E-state index in [4.69, 9.17) is 33.9 Å². The SMILES string of the molecule is O=C(Nc1ccc(Cl)c(F)c1)C1CCN(S(=O)(=O)c2ccccc2)C1.O=C(Nc1ccc(Cl)c(F)c1)C1CCNC1.O=S(=O)(Cl)c1ccccc1. The number of carbonyl (C=O) groups excluding carboxylic acids is 2. The lowest BCUT2D eigenvalue weighted by Crippen LogP contribution is -2.31. The number of halogens is 5. The van der Waals surface area contributed by atoms with E-state index in [0.717, 1.165) is 19.0 Å². The number of benzene rings is 4. The van der Waals surface area contributed by atoms with Gasteiger partial charge >= 0.3 is 0 Å². The van der Waals surface area contributed by atoms with Crippen LogP contribution in [0.1, 0.15) is 12.8 Å². The monoisotopic (exact) mass is 800 g/mol. The van der Waals surface area contributed by atoms with Gasteiger partial charge in [-0.2, -0.15) is 4.31 Å². The topological polar surface area (TPSA) is 142 Å². The van der Waals surface area contributed by atoms with Gasteiger partial charge < -0.3 is 16.0 Å². The summed E-state index contributed by atoms with van der Waals surface area (Å²) in [4.78, 5) is 24.4. The van der Waals surface area contributed by atoms with Crippen molar-refractivity contribution in [2.45, 2.75) is 22.6 Å². The molecule has 17 heteroatoms. The second-order valence-electron chi connectivity index (χ2n) is 11.3. The molecule has 4 aromatic carbocycles. The molecule has 2 fully saturated rings. The van der Waals surface area contributed by atoms with E-state index in [1.807, 2.05) is 0 Å². The number of hydrogen-bond donors (Lipinski definition) is 3. The van der Waals surface area contributed by atoms with Crippen molar-refractivity contribution in [1.82, 2.24) is 9.62 Å². The van der Waals surface area contributed by atoms with Crippen molar-refractivity contribution in [3.8, 4) is 0 Å². The van der Waals surface area contributed by atoms with Crippen LogP contribution in [0.4, 0.5) is 20.2 Å². The van der Waals surface area contributed by atoms with Gasteiger partial charge in [0.2, 0.25) is 21.8 Å². The maximum Gasteiger partial charge on any atom is 0.261 e. The van der Waals surface area contributed by atoms with E-state index >= 15 is 0 Å². The van der Waals surface area contributed by atoms with Crippen LogP contribution in [0.5, 0.6) is 0 Å². The Kier molecular flexibility index (Phi) is 14.3. The number of anilines is 2. The van der Waals surface area contributed by atoms with E-state index in [1.54, 1.807) is 42.5 Å². The van der Waals surface area contributed by atoms with Crippen LogP contribution in [-0.2, 0) is 28.7 Å². The highest BCUT2D eigenvalue weighted by Crippen LogP contribution is 2.26. The summed E-state index contributed by atoms with van der Waals surface area (Å²) in [5.74, 6) is -2.08. The Morgan fingerprint density at radius 1 is 0.706 bits per heavy atom. The molecule has 2 unspecified atom stereocenters. The van der Waals surface area contributed by atoms with Gasteiger partial charge in [0.15, 0.2) is 0 Å². The summed E-state index contributed by atoms with van der Waals surface area (Å²) < 4.78 is 74.2. The van der Waals surface area contributed by atoms with Gasteiger partial charge in [-0.3, -0.25) is 9.59 Å². The molecule has 0 aromatic heterocycles. The van der Waals surface area contributed by atoms with Crippen molar-refractivity contribution in [3.63, 3.8) is 0 Å². The van der Waals surface area contributed by atoms with Crippen LogP contribution < -0.4 is 16.0 Å². The molecule has 0 aliphatic carbocycles. The van der Waals surface area contributed by atoms with Crippen LogP contribution >= 0.6 is 33.9 Å². The van der Waals surface area contributed by atoms with Crippen LogP contribution in [0, 0.1) is 23.5 Å². The van der Waals surface area contributed by atoms with E-state index in [-0.39, 0.29) is 56.3 Å². The Bertz CT molecular complexity index is 2040. The van der Waals surface area contributed by atoms with Crippen LogP contribution in [0.15, 0.2) is 107 Å². The zero-order valence-electron chi connectivity index (χ0n) is 26.7. The largest absolute Gasteiger partial charge is 0.326 e. The lowest BCUT2D eigenvalue weighted by Gasteiger charge is -2.16. The first-order valence-corrected chi connectivity index (χ1v) is 19.9. The molecule has 0 bridgehead atoms. The molecule has 2 atom stereocenters. The number of rotatable bonds is 7. The van der Waals surface area contributed by atoms with E-state index in [1.165, 1.54) is 52.8 Å². The molecule has 6 rings (SSSR count). The fraction of sp³-hybridized carbons (Fsp3) is 0.235. The van der Waals surface area contributed by atoms with Crippen LogP contribution in [0.25, 0.3) is 0 Å². The van der Waals surface area contributed by atoms with Crippen molar-refractivity contribution in [2.75, 3.05) is 36.8 Å². The molecule has 0 saturated carbocycles. The van der Waals surface area contributed by atoms with Gasteiger partial charge in [-0.15, -0.1) is 0 Å². The Balaban J connectivity index is 0.000000191. The van der Waals surface area contributed by atoms with Gasteiger partial charge in [0.05, 0.1) is 31.7 Å². The van der Waals surface area contributed by atoms with E-state index in [2.05, 4.69) is 16.0 Å². The van der Waals surface area contributed by atoms with Crippen molar-refractivity contribution < 1.29 is 35.2 Å². The fourth-order valence-corrected chi connectivity index (χ4v) is 7.55. The van der Waals surface area contributed by atoms with Crippen LogP contribution in [0.3, 0.4) is 0 Å². The first-order chi connectivity index (χ1) is 24.1. The number of nitrogens with zero attached hydrogens (tertiary/aromatic N) is 1. The Labute approximate surface area is 309 Å². The summed E-state index contributed by atoms with van der Waals surface area (Å²) in [6.07, 6.45) is 1.23. The normalized spacial score (nSPS) is 17.4. The molecule has 10 nitrogen and oxygen atoms in total. The van der Waals surface area contributed by atoms with Gasteiger partial charge in [0, 0.05) is 41.7 Å². The molecule has 2 amide bonds. The third-order valence-corrected chi connectivity index (χ3v) is 11.6. The quantitative estimate of drug-likeness (QED) is 0.175. The molecule has 3 N–H and O–H groups in total. The number of amides is 2. The average molecular weight is 802 g/mol. The molecule has 2 aliphatic rings. The number of nitrogens with one attached hydrogen (secondary N) is 3. The predicted molar refractivity (Wildman–Crippen MR) is 194 cm³/mol. The van der Waals surface area contributed by atoms with Gasteiger partial charge in [-0.1, -0.05) is 59.6 Å². The molecular weight excluding hydrogens is 769 g/mol. The van der Waals surface area contributed by atoms with Crippen molar-refractivity contribution in [2.24, 2.45) is 11.8 Å². The summed E-state index contributed by atoms with van der Waals surface area (Å²) in [6, 6.07) is 24.2. The summed E-state index contributed by atoms with van der Waals surface area (Å²) in [5.41, 5.74) is 0.732. The molecule has 2 heterocycles.